The molecule has 0 bridgehead atoms. The Morgan fingerprint density at radius 2 is 2.35 bits per heavy atom. The summed E-state index contributed by atoms with van der Waals surface area (Å²) < 4.78 is 5.23. The van der Waals surface area contributed by atoms with Crippen LogP contribution in [-0.4, -0.2) is 35.5 Å². The summed E-state index contributed by atoms with van der Waals surface area (Å²) in [7, 11) is 0. The molecule has 1 aromatic heterocycles. The van der Waals surface area contributed by atoms with Crippen molar-refractivity contribution in [2.24, 2.45) is 0 Å². The van der Waals surface area contributed by atoms with Crippen molar-refractivity contribution >= 4 is 6.03 Å². The van der Waals surface area contributed by atoms with Crippen molar-refractivity contribution < 1.29 is 9.53 Å². The molecule has 1 aromatic rings. The van der Waals surface area contributed by atoms with E-state index in [4.69, 9.17) is 4.74 Å². The molecule has 6 heteroatoms. The molecule has 17 heavy (non-hydrogen) atoms. The second-order valence-corrected chi connectivity index (χ2v) is 4.23. The van der Waals surface area contributed by atoms with E-state index in [1.165, 1.54) is 0 Å². The number of ether oxygens (including phenoxy) is 1. The van der Waals surface area contributed by atoms with Gasteiger partial charge in [0.15, 0.2) is 0 Å². The molecular formula is C11H18N4O2. The molecular weight excluding hydrogens is 220 g/mol. The van der Waals surface area contributed by atoms with Crippen LogP contribution in [0.2, 0.25) is 0 Å². The number of hydrogen-bond donors (Lipinski definition) is 3. The van der Waals surface area contributed by atoms with Gasteiger partial charge in [0.05, 0.1) is 6.20 Å². The third-order valence-corrected chi connectivity index (χ3v) is 2.93. The predicted octanol–water partition coefficient (Wildman–Crippen LogP) is 0.696. The molecule has 1 aliphatic heterocycles. The summed E-state index contributed by atoms with van der Waals surface area (Å²) in [5, 5.41) is 12.5. The molecule has 0 aromatic carbocycles. The smallest absolute Gasteiger partial charge is 0.315 e. The number of carbonyl (C=O) groups is 1. The molecule has 0 saturated carbocycles. The summed E-state index contributed by atoms with van der Waals surface area (Å²) >= 11 is 0. The number of rotatable bonds is 3. The van der Waals surface area contributed by atoms with Gasteiger partial charge < -0.3 is 15.4 Å². The maximum Gasteiger partial charge on any atom is 0.315 e. The highest BCUT2D eigenvalue weighted by atomic mass is 16.5. The van der Waals surface area contributed by atoms with Gasteiger partial charge in [-0.1, -0.05) is 0 Å². The molecule has 94 valence electrons. The van der Waals surface area contributed by atoms with Crippen LogP contribution in [0.15, 0.2) is 6.20 Å². The number of H-pyrrole nitrogens is 1. The molecule has 1 fully saturated rings. The molecule has 0 aliphatic carbocycles. The van der Waals surface area contributed by atoms with Gasteiger partial charge in [-0.3, -0.25) is 5.10 Å². The van der Waals surface area contributed by atoms with E-state index in [1.807, 2.05) is 6.92 Å². The van der Waals surface area contributed by atoms with Gasteiger partial charge in [-0.05, 0) is 19.8 Å². The number of aryl methyl sites for hydroxylation is 1. The molecule has 0 spiro atoms. The summed E-state index contributed by atoms with van der Waals surface area (Å²) in [6.45, 7) is 3.88. The van der Waals surface area contributed by atoms with Crippen molar-refractivity contribution in [3.63, 3.8) is 0 Å². The van der Waals surface area contributed by atoms with Gasteiger partial charge >= 0.3 is 6.03 Å². The summed E-state index contributed by atoms with van der Waals surface area (Å²) in [4.78, 5) is 11.6. The van der Waals surface area contributed by atoms with E-state index in [0.717, 1.165) is 37.3 Å². The number of urea groups is 1. The average Bonchev–Trinajstić information content (AvgIpc) is 2.74. The van der Waals surface area contributed by atoms with Crippen LogP contribution in [0.1, 0.15) is 24.1 Å². The molecule has 0 radical (unpaired) electrons. The van der Waals surface area contributed by atoms with Crippen LogP contribution in [0, 0.1) is 6.92 Å². The standard InChI is InChI=1S/C11H18N4O2/c1-8-9(7-13-15-8)6-12-11(16)14-10-2-4-17-5-3-10/h7,10H,2-6H2,1H3,(H,13,15)(H2,12,14,16). The maximum absolute atomic E-state index is 11.6. The highest BCUT2D eigenvalue weighted by Gasteiger charge is 2.15. The second kappa shape index (κ2) is 5.67. The minimum atomic E-state index is -0.127. The molecule has 2 heterocycles. The van der Waals surface area contributed by atoms with Crippen LogP contribution in [-0.2, 0) is 11.3 Å². The summed E-state index contributed by atoms with van der Waals surface area (Å²) in [6.07, 6.45) is 3.50. The zero-order valence-corrected chi connectivity index (χ0v) is 9.95. The largest absolute Gasteiger partial charge is 0.381 e. The first kappa shape index (κ1) is 11.9. The van der Waals surface area contributed by atoms with Crippen molar-refractivity contribution in [2.75, 3.05) is 13.2 Å². The summed E-state index contributed by atoms with van der Waals surface area (Å²) in [5.74, 6) is 0. The number of carbonyl (C=O) groups excluding carboxylic acids is 1. The molecule has 1 saturated heterocycles. The van der Waals surface area contributed by atoms with Gasteiger partial charge in [0.2, 0.25) is 0 Å². The van der Waals surface area contributed by atoms with E-state index in [0.29, 0.717) is 6.54 Å². The van der Waals surface area contributed by atoms with E-state index < -0.39 is 0 Å². The lowest BCUT2D eigenvalue weighted by atomic mass is 10.1. The third kappa shape index (κ3) is 3.45. The van der Waals surface area contributed by atoms with Crippen LogP contribution in [0.25, 0.3) is 0 Å². The number of aromatic amines is 1. The minimum absolute atomic E-state index is 0.127. The SMILES string of the molecule is Cc1[nH]ncc1CNC(=O)NC1CCOCC1. The van der Waals surface area contributed by atoms with Crippen LogP contribution in [0.5, 0.6) is 0 Å². The highest BCUT2D eigenvalue weighted by molar-refractivity contribution is 5.74. The molecule has 1 aliphatic rings. The Bertz CT molecular complexity index is 371. The van der Waals surface area contributed by atoms with Gasteiger partial charge in [0.25, 0.3) is 0 Å². The molecule has 0 atom stereocenters. The summed E-state index contributed by atoms with van der Waals surface area (Å²) in [5.41, 5.74) is 1.99. The lowest BCUT2D eigenvalue weighted by molar-refractivity contribution is 0.0801. The first-order valence-corrected chi connectivity index (χ1v) is 5.86. The molecule has 6 nitrogen and oxygen atoms in total. The van der Waals surface area contributed by atoms with Crippen molar-refractivity contribution in [3.8, 4) is 0 Å². The minimum Gasteiger partial charge on any atom is -0.381 e. The molecule has 2 rings (SSSR count). The van der Waals surface area contributed by atoms with Crippen LogP contribution in [0.3, 0.4) is 0 Å². The van der Waals surface area contributed by atoms with E-state index in [1.54, 1.807) is 6.20 Å². The van der Waals surface area contributed by atoms with Gasteiger partial charge in [0.1, 0.15) is 0 Å². The Balaban J connectivity index is 1.72. The van der Waals surface area contributed by atoms with Crippen LogP contribution in [0.4, 0.5) is 4.79 Å². The van der Waals surface area contributed by atoms with Crippen LogP contribution >= 0.6 is 0 Å². The molecule has 0 unspecified atom stereocenters. The Kier molecular flexibility index (Phi) is 3.98. The van der Waals surface area contributed by atoms with Gasteiger partial charge in [-0.15, -0.1) is 0 Å². The number of aromatic nitrogens is 2. The summed E-state index contributed by atoms with van der Waals surface area (Å²) in [6, 6.07) is 0.103. The van der Waals surface area contributed by atoms with E-state index in [2.05, 4.69) is 20.8 Å². The normalized spacial score (nSPS) is 16.8. The Hall–Kier alpha value is -1.56. The van der Waals surface area contributed by atoms with E-state index in [9.17, 15) is 4.79 Å². The fraction of sp³-hybridized carbons (Fsp3) is 0.636. The van der Waals surface area contributed by atoms with Gasteiger partial charge in [0, 0.05) is 37.1 Å². The number of amides is 2. The highest BCUT2D eigenvalue weighted by Crippen LogP contribution is 2.06. The average molecular weight is 238 g/mol. The number of nitrogens with one attached hydrogen (secondary N) is 3. The molecule has 3 N–H and O–H groups in total. The van der Waals surface area contributed by atoms with Gasteiger partial charge in [-0.25, -0.2) is 4.79 Å². The number of hydrogen-bond acceptors (Lipinski definition) is 3. The lowest BCUT2D eigenvalue weighted by Crippen LogP contribution is -2.44. The topological polar surface area (TPSA) is 79.0 Å². The van der Waals surface area contributed by atoms with Crippen molar-refractivity contribution in [3.05, 3.63) is 17.5 Å². The van der Waals surface area contributed by atoms with Crippen molar-refractivity contribution in [2.45, 2.75) is 32.4 Å². The second-order valence-electron chi connectivity index (χ2n) is 4.23. The quantitative estimate of drug-likeness (QED) is 0.725. The van der Waals surface area contributed by atoms with Crippen molar-refractivity contribution in [1.29, 1.82) is 0 Å². The fourth-order valence-electron chi connectivity index (χ4n) is 1.81. The zero-order chi connectivity index (χ0) is 12.1. The van der Waals surface area contributed by atoms with Crippen molar-refractivity contribution in [1.82, 2.24) is 20.8 Å². The monoisotopic (exact) mass is 238 g/mol. The Morgan fingerprint density at radius 1 is 1.59 bits per heavy atom. The molecule has 2 amide bonds. The first-order valence-electron chi connectivity index (χ1n) is 5.86. The Morgan fingerprint density at radius 3 is 3.00 bits per heavy atom. The fourth-order valence-corrected chi connectivity index (χ4v) is 1.81. The van der Waals surface area contributed by atoms with Crippen LogP contribution < -0.4 is 10.6 Å². The predicted molar refractivity (Wildman–Crippen MR) is 62.5 cm³/mol. The van der Waals surface area contributed by atoms with E-state index >= 15 is 0 Å². The lowest BCUT2D eigenvalue weighted by Gasteiger charge is -2.23. The third-order valence-electron chi connectivity index (χ3n) is 2.93. The van der Waals surface area contributed by atoms with Gasteiger partial charge in [-0.2, -0.15) is 5.10 Å². The Labute approximate surface area is 100 Å². The maximum atomic E-state index is 11.6. The van der Waals surface area contributed by atoms with E-state index in [-0.39, 0.29) is 12.1 Å². The number of nitrogens with zero attached hydrogens (tertiary/aromatic N) is 1. The zero-order valence-electron chi connectivity index (χ0n) is 9.95. The first-order chi connectivity index (χ1) is 8.25.